The van der Waals surface area contributed by atoms with Crippen LogP contribution in [0.4, 0.5) is 5.69 Å². The van der Waals surface area contributed by atoms with E-state index < -0.39 is 11.5 Å². The summed E-state index contributed by atoms with van der Waals surface area (Å²) in [6, 6.07) is 0. The van der Waals surface area contributed by atoms with Gasteiger partial charge in [-0.2, -0.15) is 5.10 Å². The highest BCUT2D eigenvalue weighted by Gasteiger charge is 2.32. The first-order valence-corrected chi connectivity index (χ1v) is 6.47. The average Bonchev–Trinajstić information content (AvgIpc) is 3.10. The van der Waals surface area contributed by atoms with Crippen LogP contribution in [-0.2, 0) is 16.1 Å². The van der Waals surface area contributed by atoms with Crippen molar-refractivity contribution in [2.24, 2.45) is 11.8 Å². The number of rotatable bonds is 5. The number of nitrogens with zero attached hydrogens (tertiary/aromatic N) is 2. The molecular weight excluding hydrogens is 270 g/mol. The van der Waals surface area contributed by atoms with Crippen LogP contribution in [0.3, 0.4) is 0 Å². The smallest absolute Gasteiger partial charge is 0.327 e. The van der Waals surface area contributed by atoms with E-state index >= 15 is 0 Å². The van der Waals surface area contributed by atoms with Gasteiger partial charge in [0.25, 0.3) is 5.56 Å². The van der Waals surface area contributed by atoms with E-state index in [0.717, 1.165) is 17.1 Å². The molecule has 1 aliphatic carbocycles. The van der Waals surface area contributed by atoms with Gasteiger partial charge in [0.2, 0.25) is 0 Å². The van der Waals surface area contributed by atoms with E-state index in [1.165, 1.54) is 19.7 Å². The first kappa shape index (κ1) is 13.9. The van der Waals surface area contributed by atoms with Crippen LogP contribution in [-0.4, -0.2) is 29.4 Å². The Morgan fingerprint density at radius 3 is 2.95 bits per heavy atom. The van der Waals surface area contributed by atoms with Crippen LogP contribution >= 0.6 is 11.6 Å². The number of carbonyl (C=O) groups excluding carboxylic acids is 1. The molecule has 2 rings (SSSR count). The molecule has 0 saturated heterocycles. The molecule has 0 amide bonds. The molecule has 19 heavy (non-hydrogen) atoms. The van der Waals surface area contributed by atoms with Gasteiger partial charge in [-0.05, 0) is 18.3 Å². The van der Waals surface area contributed by atoms with E-state index in [1.807, 2.05) is 0 Å². The number of hydrogen-bond acceptors (Lipinski definition) is 5. The molecule has 2 unspecified atom stereocenters. The van der Waals surface area contributed by atoms with Gasteiger partial charge in [0.1, 0.15) is 11.6 Å². The number of hydrogen-bond donors (Lipinski definition) is 1. The molecule has 1 aromatic heterocycles. The lowest BCUT2D eigenvalue weighted by Crippen LogP contribution is -2.28. The highest BCUT2D eigenvalue weighted by molar-refractivity contribution is 6.32. The predicted octanol–water partition coefficient (Wildman–Crippen LogP) is 1.14. The lowest BCUT2D eigenvalue weighted by atomic mass is 10.3. The molecule has 1 saturated carbocycles. The summed E-state index contributed by atoms with van der Waals surface area (Å²) in [6.07, 6.45) is 2.65. The van der Waals surface area contributed by atoms with E-state index in [-0.39, 0.29) is 11.6 Å². The Labute approximate surface area is 115 Å². The molecule has 1 aliphatic rings. The molecular formula is C12H16ClN3O3. The molecule has 6 nitrogen and oxygen atoms in total. The Bertz CT molecular complexity index is 544. The summed E-state index contributed by atoms with van der Waals surface area (Å²) in [5.74, 6) is 0.811. The van der Waals surface area contributed by atoms with Crippen molar-refractivity contribution >= 4 is 23.3 Å². The standard InChI is InChI=1S/C12H16ClN3O3/c1-7-3-8(7)4-14-9-5-15-16(6-10(17)19-2)12(18)11(9)13/h5,7-8,14H,3-4,6H2,1-2H3. The van der Waals surface area contributed by atoms with Crippen molar-refractivity contribution in [1.29, 1.82) is 0 Å². The maximum atomic E-state index is 11.9. The third-order valence-corrected chi connectivity index (χ3v) is 3.69. The summed E-state index contributed by atoms with van der Waals surface area (Å²) < 4.78 is 5.47. The molecule has 1 aromatic rings. The van der Waals surface area contributed by atoms with Crippen LogP contribution in [0.25, 0.3) is 0 Å². The molecule has 1 fully saturated rings. The molecule has 1 N–H and O–H groups in total. The fourth-order valence-electron chi connectivity index (χ4n) is 1.81. The van der Waals surface area contributed by atoms with Crippen LogP contribution < -0.4 is 10.9 Å². The minimum atomic E-state index is -0.543. The minimum Gasteiger partial charge on any atom is -0.468 e. The number of carbonyl (C=O) groups is 1. The number of halogens is 1. The molecule has 7 heteroatoms. The van der Waals surface area contributed by atoms with Crippen LogP contribution in [0.5, 0.6) is 0 Å². The van der Waals surface area contributed by atoms with Crippen LogP contribution in [0.2, 0.25) is 5.02 Å². The fourth-order valence-corrected chi connectivity index (χ4v) is 2.03. The highest BCUT2D eigenvalue weighted by Crippen LogP contribution is 2.37. The maximum Gasteiger partial charge on any atom is 0.327 e. The van der Waals surface area contributed by atoms with Gasteiger partial charge in [-0.3, -0.25) is 9.59 Å². The second kappa shape index (κ2) is 5.61. The van der Waals surface area contributed by atoms with Gasteiger partial charge in [0.05, 0.1) is 19.0 Å². The molecule has 1 heterocycles. The number of anilines is 1. The third-order valence-electron chi connectivity index (χ3n) is 3.32. The lowest BCUT2D eigenvalue weighted by molar-refractivity contribution is -0.141. The summed E-state index contributed by atoms with van der Waals surface area (Å²) in [4.78, 5) is 23.0. The van der Waals surface area contributed by atoms with Gasteiger partial charge < -0.3 is 10.1 Å². The van der Waals surface area contributed by atoms with Gasteiger partial charge in [-0.25, -0.2) is 4.68 Å². The molecule has 0 spiro atoms. The topological polar surface area (TPSA) is 73.2 Å². The number of ether oxygens (including phenoxy) is 1. The van der Waals surface area contributed by atoms with Gasteiger partial charge in [-0.15, -0.1) is 0 Å². The van der Waals surface area contributed by atoms with Crippen molar-refractivity contribution in [3.05, 3.63) is 21.6 Å². The van der Waals surface area contributed by atoms with E-state index in [0.29, 0.717) is 11.6 Å². The van der Waals surface area contributed by atoms with Crippen molar-refractivity contribution in [1.82, 2.24) is 9.78 Å². The molecule has 2 atom stereocenters. The maximum absolute atomic E-state index is 11.9. The van der Waals surface area contributed by atoms with Crippen LogP contribution in [0.15, 0.2) is 11.0 Å². The van der Waals surface area contributed by atoms with Crippen LogP contribution in [0.1, 0.15) is 13.3 Å². The second-order valence-corrected chi connectivity index (χ2v) is 5.14. The zero-order valence-corrected chi connectivity index (χ0v) is 11.6. The summed E-state index contributed by atoms with van der Waals surface area (Å²) in [5.41, 5.74) is 0.00722. The van der Waals surface area contributed by atoms with E-state index in [2.05, 4.69) is 22.1 Å². The zero-order valence-electron chi connectivity index (χ0n) is 10.9. The van der Waals surface area contributed by atoms with Crippen molar-refractivity contribution in [2.75, 3.05) is 19.0 Å². The summed E-state index contributed by atoms with van der Waals surface area (Å²) in [7, 11) is 1.25. The monoisotopic (exact) mass is 285 g/mol. The number of esters is 1. The van der Waals surface area contributed by atoms with Gasteiger partial charge in [0.15, 0.2) is 0 Å². The minimum absolute atomic E-state index is 0.0483. The fraction of sp³-hybridized carbons (Fsp3) is 0.583. The summed E-state index contributed by atoms with van der Waals surface area (Å²) in [5, 5.41) is 7.07. The first-order valence-electron chi connectivity index (χ1n) is 6.09. The normalized spacial score (nSPS) is 21.0. The van der Waals surface area contributed by atoms with Gasteiger partial charge >= 0.3 is 5.97 Å². The van der Waals surface area contributed by atoms with E-state index in [4.69, 9.17) is 11.6 Å². The molecule has 0 bridgehead atoms. The number of aromatic nitrogens is 2. The predicted molar refractivity (Wildman–Crippen MR) is 71.3 cm³/mol. The number of methoxy groups -OCH3 is 1. The molecule has 0 aromatic carbocycles. The average molecular weight is 286 g/mol. The van der Waals surface area contributed by atoms with Gasteiger partial charge in [-0.1, -0.05) is 18.5 Å². The zero-order chi connectivity index (χ0) is 14.0. The Kier molecular flexibility index (Phi) is 4.09. The Hall–Kier alpha value is -1.56. The Morgan fingerprint density at radius 1 is 1.68 bits per heavy atom. The highest BCUT2D eigenvalue weighted by atomic mass is 35.5. The SMILES string of the molecule is COC(=O)Cn1ncc(NCC2CC2C)c(Cl)c1=O. The third kappa shape index (κ3) is 3.26. The molecule has 0 radical (unpaired) electrons. The van der Waals surface area contributed by atoms with Crippen LogP contribution in [0, 0.1) is 11.8 Å². The van der Waals surface area contributed by atoms with Crippen molar-refractivity contribution in [3.8, 4) is 0 Å². The molecule has 104 valence electrons. The van der Waals surface area contributed by atoms with Crippen molar-refractivity contribution in [2.45, 2.75) is 19.9 Å². The summed E-state index contributed by atoms with van der Waals surface area (Å²) in [6.45, 7) is 2.72. The van der Waals surface area contributed by atoms with E-state index in [1.54, 1.807) is 0 Å². The summed E-state index contributed by atoms with van der Waals surface area (Å²) >= 11 is 5.98. The van der Waals surface area contributed by atoms with Crippen molar-refractivity contribution in [3.63, 3.8) is 0 Å². The van der Waals surface area contributed by atoms with E-state index in [9.17, 15) is 9.59 Å². The Balaban J connectivity index is 2.08. The first-order chi connectivity index (χ1) is 9.02. The van der Waals surface area contributed by atoms with Crippen molar-refractivity contribution < 1.29 is 9.53 Å². The largest absolute Gasteiger partial charge is 0.468 e. The van der Waals surface area contributed by atoms with Gasteiger partial charge in [0, 0.05) is 6.54 Å². The lowest BCUT2D eigenvalue weighted by Gasteiger charge is -2.09. The quantitative estimate of drug-likeness (QED) is 0.821. The number of nitrogens with one attached hydrogen (secondary N) is 1. The molecule has 0 aliphatic heterocycles. The second-order valence-electron chi connectivity index (χ2n) is 4.77. The Morgan fingerprint density at radius 2 is 2.37 bits per heavy atom.